The molecule has 4 saturated carbocycles. The van der Waals surface area contributed by atoms with E-state index in [9.17, 15) is 4.79 Å². The van der Waals surface area contributed by atoms with E-state index in [4.69, 9.17) is 4.74 Å². The number of hydrogen-bond donors (Lipinski definition) is 2. The van der Waals surface area contributed by atoms with Crippen LogP contribution in [-0.4, -0.2) is 18.1 Å². The van der Waals surface area contributed by atoms with Gasteiger partial charge in [0.05, 0.1) is 0 Å². The molecule has 4 aliphatic carbocycles. The highest BCUT2D eigenvalue weighted by Gasteiger charge is 2.50. The van der Waals surface area contributed by atoms with Crippen LogP contribution in [-0.2, 0) is 11.3 Å². The summed E-state index contributed by atoms with van der Waals surface area (Å²) in [6, 6.07) is 15.9. The van der Waals surface area contributed by atoms with Crippen molar-refractivity contribution in [3.63, 3.8) is 0 Å². The first kappa shape index (κ1) is 19.6. The average Bonchev–Trinajstić information content (AvgIpc) is 2.72. The zero-order chi connectivity index (χ0) is 20.6. The Labute approximate surface area is 179 Å². The van der Waals surface area contributed by atoms with Crippen LogP contribution in [0.2, 0.25) is 0 Å². The molecule has 0 heterocycles. The van der Waals surface area contributed by atoms with Gasteiger partial charge in [-0.3, -0.25) is 4.79 Å². The van der Waals surface area contributed by atoms with Gasteiger partial charge in [-0.05, 0) is 93.0 Å². The first-order chi connectivity index (χ1) is 14.6. The smallest absolute Gasteiger partial charge is 0.262 e. The predicted octanol–water partition coefficient (Wildman–Crippen LogP) is 5.07. The van der Waals surface area contributed by atoms with Crippen molar-refractivity contribution < 1.29 is 9.53 Å². The molecule has 2 aromatic rings. The Morgan fingerprint density at radius 3 is 2.13 bits per heavy atom. The van der Waals surface area contributed by atoms with Crippen molar-refractivity contribution in [2.75, 3.05) is 11.9 Å². The van der Waals surface area contributed by atoms with Crippen molar-refractivity contribution in [3.05, 3.63) is 59.7 Å². The summed E-state index contributed by atoms with van der Waals surface area (Å²) in [4.78, 5) is 12.1. The van der Waals surface area contributed by atoms with Gasteiger partial charge in [-0.25, -0.2) is 0 Å². The van der Waals surface area contributed by atoms with Gasteiger partial charge < -0.3 is 15.4 Å². The second kappa shape index (κ2) is 8.07. The maximum atomic E-state index is 12.1. The van der Waals surface area contributed by atoms with E-state index < -0.39 is 0 Å². The number of carbonyl (C=O) groups excluding carboxylic acids is 1. The Morgan fingerprint density at radius 1 is 0.933 bits per heavy atom. The molecule has 0 spiro atoms. The molecule has 0 atom stereocenters. The van der Waals surface area contributed by atoms with Gasteiger partial charge in [-0.15, -0.1) is 0 Å². The van der Waals surface area contributed by atoms with Gasteiger partial charge in [0.25, 0.3) is 5.91 Å². The van der Waals surface area contributed by atoms with E-state index in [0.717, 1.165) is 35.7 Å². The van der Waals surface area contributed by atoms with Crippen molar-refractivity contribution >= 4 is 11.6 Å². The second-order valence-electron chi connectivity index (χ2n) is 9.90. The van der Waals surface area contributed by atoms with E-state index in [1.807, 2.05) is 43.3 Å². The topological polar surface area (TPSA) is 50.4 Å². The summed E-state index contributed by atoms with van der Waals surface area (Å²) in [6.07, 6.45) is 8.54. The first-order valence-corrected chi connectivity index (χ1v) is 11.4. The summed E-state index contributed by atoms with van der Waals surface area (Å²) in [5.41, 5.74) is 3.63. The van der Waals surface area contributed by atoms with Gasteiger partial charge in [0.2, 0.25) is 0 Å². The lowest BCUT2D eigenvalue weighted by Gasteiger charge is -2.57. The van der Waals surface area contributed by atoms with Crippen LogP contribution in [0.25, 0.3) is 0 Å². The lowest BCUT2D eigenvalue weighted by Crippen LogP contribution is -2.58. The van der Waals surface area contributed by atoms with Gasteiger partial charge in [-0.1, -0.05) is 29.8 Å². The zero-order valence-corrected chi connectivity index (χ0v) is 17.8. The summed E-state index contributed by atoms with van der Waals surface area (Å²) >= 11 is 0. The van der Waals surface area contributed by atoms with Crippen LogP contribution in [0.5, 0.6) is 5.75 Å². The quantitative estimate of drug-likeness (QED) is 0.677. The SMILES string of the molecule is Cc1ccc(NC(=O)COc2ccc(CNC34CC5CC(CC(C5)C3)C4)cc2)cc1. The number of hydrogen-bond acceptors (Lipinski definition) is 3. The Hall–Kier alpha value is -2.33. The number of rotatable bonds is 7. The fraction of sp³-hybridized carbons (Fsp3) is 0.500. The van der Waals surface area contributed by atoms with Crippen molar-refractivity contribution in [2.45, 2.75) is 57.5 Å². The summed E-state index contributed by atoms with van der Waals surface area (Å²) in [5.74, 6) is 3.47. The number of benzene rings is 2. The van der Waals surface area contributed by atoms with Crippen LogP contribution in [0.4, 0.5) is 5.69 Å². The maximum absolute atomic E-state index is 12.1. The van der Waals surface area contributed by atoms with Crippen molar-refractivity contribution in [1.82, 2.24) is 5.32 Å². The lowest BCUT2D eigenvalue weighted by molar-refractivity contribution is -0.118. The third kappa shape index (κ3) is 4.39. The van der Waals surface area contributed by atoms with E-state index in [1.165, 1.54) is 49.7 Å². The Kier molecular flexibility index (Phi) is 5.28. The first-order valence-electron chi connectivity index (χ1n) is 11.4. The number of nitrogens with one attached hydrogen (secondary N) is 2. The molecule has 6 rings (SSSR count). The predicted molar refractivity (Wildman–Crippen MR) is 119 cm³/mol. The lowest BCUT2D eigenvalue weighted by atomic mass is 9.53. The van der Waals surface area contributed by atoms with Crippen molar-refractivity contribution in [2.24, 2.45) is 17.8 Å². The fourth-order valence-electron chi connectivity index (χ4n) is 6.30. The normalized spacial score (nSPS) is 29.0. The van der Waals surface area contributed by atoms with Crippen LogP contribution in [0, 0.1) is 24.7 Å². The minimum atomic E-state index is -0.147. The van der Waals surface area contributed by atoms with Gasteiger partial charge in [0.1, 0.15) is 5.75 Å². The largest absolute Gasteiger partial charge is 0.484 e. The summed E-state index contributed by atoms with van der Waals surface area (Å²) in [6.45, 7) is 2.95. The molecule has 0 radical (unpaired) electrons. The van der Waals surface area contributed by atoms with Crippen LogP contribution < -0.4 is 15.4 Å². The van der Waals surface area contributed by atoms with Gasteiger partial charge in [0, 0.05) is 17.8 Å². The molecule has 4 heteroatoms. The zero-order valence-electron chi connectivity index (χ0n) is 17.8. The monoisotopic (exact) mass is 404 g/mol. The highest BCUT2D eigenvalue weighted by molar-refractivity contribution is 5.91. The molecule has 30 heavy (non-hydrogen) atoms. The van der Waals surface area contributed by atoms with Crippen LogP contribution in [0.1, 0.15) is 49.7 Å². The molecule has 1 amide bonds. The maximum Gasteiger partial charge on any atom is 0.262 e. The summed E-state index contributed by atoms with van der Waals surface area (Å²) < 4.78 is 5.66. The van der Waals surface area contributed by atoms with Crippen LogP contribution >= 0.6 is 0 Å². The average molecular weight is 405 g/mol. The second-order valence-corrected chi connectivity index (χ2v) is 9.90. The Bertz CT molecular complexity index is 853. The molecule has 0 aromatic heterocycles. The molecule has 2 aromatic carbocycles. The van der Waals surface area contributed by atoms with Crippen LogP contribution in [0.3, 0.4) is 0 Å². The molecule has 0 saturated heterocycles. The highest BCUT2D eigenvalue weighted by atomic mass is 16.5. The van der Waals surface area contributed by atoms with E-state index in [1.54, 1.807) is 0 Å². The van der Waals surface area contributed by atoms with E-state index in [0.29, 0.717) is 5.54 Å². The number of carbonyl (C=O) groups is 1. The number of anilines is 1. The minimum absolute atomic E-state index is 0.0126. The van der Waals surface area contributed by atoms with Gasteiger partial charge >= 0.3 is 0 Å². The Morgan fingerprint density at radius 2 is 1.53 bits per heavy atom. The molecule has 4 fully saturated rings. The number of ether oxygens (including phenoxy) is 1. The molecule has 4 nitrogen and oxygen atoms in total. The molecule has 4 bridgehead atoms. The minimum Gasteiger partial charge on any atom is -0.484 e. The van der Waals surface area contributed by atoms with Gasteiger partial charge in [0.15, 0.2) is 6.61 Å². The Balaban J connectivity index is 1.10. The number of aryl methyl sites for hydroxylation is 1. The van der Waals surface area contributed by atoms with E-state index >= 15 is 0 Å². The third-order valence-corrected chi connectivity index (χ3v) is 7.33. The number of amides is 1. The molecule has 2 N–H and O–H groups in total. The molecule has 4 aliphatic rings. The van der Waals surface area contributed by atoms with Gasteiger partial charge in [-0.2, -0.15) is 0 Å². The molecule has 0 aliphatic heterocycles. The standard InChI is InChI=1S/C26H32N2O2/c1-18-2-6-23(7-3-18)28-25(29)17-30-24-8-4-19(5-9-24)16-27-26-13-20-10-21(14-26)12-22(11-20)15-26/h2-9,20-22,27H,10-17H2,1H3,(H,28,29). The summed E-state index contributed by atoms with van der Waals surface area (Å²) in [5, 5.41) is 6.80. The third-order valence-electron chi connectivity index (χ3n) is 7.33. The molecular weight excluding hydrogens is 372 g/mol. The fourth-order valence-corrected chi connectivity index (χ4v) is 6.30. The molecule has 158 valence electrons. The summed E-state index contributed by atoms with van der Waals surface area (Å²) in [7, 11) is 0. The molecule has 0 unspecified atom stereocenters. The van der Waals surface area contributed by atoms with E-state index in [-0.39, 0.29) is 12.5 Å². The highest BCUT2D eigenvalue weighted by Crippen LogP contribution is 2.55. The van der Waals surface area contributed by atoms with Crippen LogP contribution in [0.15, 0.2) is 48.5 Å². The van der Waals surface area contributed by atoms with Crippen molar-refractivity contribution in [1.29, 1.82) is 0 Å². The molecular formula is C26H32N2O2. The van der Waals surface area contributed by atoms with Crippen molar-refractivity contribution in [3.8, 4) is 5.75 Å². The van der Waals surface area contributed by atoms with E-state index in [2.05, 4.69) is 22.8 Å².